The fourth-order valence-corrected chi connectivity index (χ4v) is 7.08. The third-order valence-electron chi connectivity index (χ3n) is 7.10. The van der Waals surface area contributed by atoms with Crippen LogP contribution in [0.2, 0.25) is 0 Å². The van der Waals surface area contributed by atoms with Gasteiger partial charge in [0.25, 0.3) is 0 Å². The molecule has 38 heavy (non-hydrogen) atoms. The molecule has 0 unspecified atom stereocenters. The zero-order valence-corrected chi connectivity index (χ0v) is 22.3. The summed E-state index contributed by atoms with van der Waals surface area (Å²) in [6, 6.07) is 28.7. The molecule has 0 aliphatic carbocycles. The predicted octanol–water partition coefficient (Wildman–Crippen LogP) is 4.70. The first kappa shape index (κ1) is 26.0. The number of rotatable bonds is 7. The molecule has 0 bridgehead atoms. The number of hydrogen-bond acceptors (Lipinski definition) is 7. The lowest BCUT2D eigenvalue weighted by Gasteiger charge is -2.49. The Kier molecular flexibility index (Phi) is 7.03. The number of thioether (sulfide) groups is 1. The van der Waals surface area contributed by atoms with Crippen molar-refractivity contribution in [2.45, 2.75) is 48.5 Å². The van der Waals surface area contributed by atoms with E-state index in [9.17, 15) is 14.4 Å². The van der Waals surface area contributed by atoms with Crippen molar-refractivity contribution >= 4 is 29.8 Å². The van der Waals surface area contributed by atoms with Gasteiger partial charge in [0.1, 0.15) is 17.5 Å². The van der Waals surface area contributed by atoms with E-state index in [1.165, 1.54) is 16.7 Å². The average Bonchev–Trinajstić information content (AvgIpc) is 3.18. The van der Waals surface area contributed by atoms with Gasteiger partial charge in [-0.3, -0.25) is 10.1 Å². The highest BCUT2D eigenvalue weighted by Crippen LogP contribution is 2.52. The first-order valence-electron chi connectivity index (χ1n) is 12.6. The van der Waals surface area contributed by atoms with Crippen molar-refractivity contribution in [2.75, 3.05) is 6.61 Å². The second-order valence-electron chi connectivity index (χ2n) is 9.83. The Balaban J connectivity index is 1.54. The van der Waals surface area contributed by atoms with Crippen molar-refractivity contribution in [2.24, 2.45) is 0 Å². The molecule has 196 valence electrons. The van der Waals surface area contributed by atoms with Crippen molar-refractivity contribution in [1.82, 2.24) is 10.2 Å². The molecule has 2 saturated heterocycles. The van der Waals surface area contributed by atoms with Gasteiger partial charge in [-0.2, -0.15) is 0 Å². The monoisotopic (exact) mass is 530 g/mol. The maximum absolute atomic E-state index is 13.8. The Morgan fingerprint density at radius 1 is 0.895 bits per heavy atom. The third-order valence-corrected chi connectivity index (χ3v) is 8.67. The fraction of sp³-hybridized carbons (Fsp3) is 0.300. The predicted molar refractivity (Wildman–Crippen MR) is 145 cm³/mol. The molecule has 8 heteroatoms. The van der Waals surface area contributed by atoms with Gasteiger partial charge >= 0.3 is 12.1 Å². The molecule has 3 atom stereocenters. The van der Waals surface area contributed by atoms with Crippen LogP contribution in [0.3, 0.4) is 0 Å². The van der Waals surface area contributed by atoms with Crippen LogP contribution in [0.25, 0.3) is 0 Å². The number of hydrogen-bond donors (Lipinski definition) is 1. The molecule has 3 aromatic carbocycles. The lowest BCUT2D eigenvalue weighted by Crippen LogP contribution is -2.72. The SMILES string of the molecule is CCOC(=O)OC(=O)[C@@H]1N2C(=O)[C@@H](NC(c3ccccc3)(c3ccccc3)c3ccccc3)[C@H]2SC1(C)C. The summed E-state index contributed by atoms with van der Waals surface area (Å²) in [6.45, 7) is 5.49. The molecule has 0 radical (unpaired) electrons. The molecule has 0 saturated carbocycles. The highest BCUT2D eigenvalue weighted by atomic mass is 32.2. The Labute approximate surface area is 226 Å². The average molecular weight is 531 g/mol. The van der Waals surface area contributed by atoms with Crippen molar-refractivity contribution in [1.29, 1.82) is 0 Å². The number of nitrogens with zero attached hydrogens (tertiary/aromatic N) is 1. The van der Waals surface area contributed by atoms with Crippen LogP contribution in [0.5, 0.6) is 0 Å². The van der Waals surface area contributed by atoms with Crippen molar-refractivity contribution in [3.8, 4) is 0 Å². The van der Waals surface area contributed by atoms with E-state index in [-0.39, 0.29) is 17.9 Å². The minimum Gasteiger partial charge on any atom is -0.434 e. The van der Waals surface area contributed by atoms with Crippen LogP contribution in [0.4, 0.5) is 4.79 Å². The Bertz CT molecular complexity index is 1220. The van der Waals surface area contributed by atoms with Gasteiger partial charge in [0.2, 0.25) is 5.91 Å². The minimum atomic E-state index is -1.05. The van der Waals surface area contributed by atoms with Gasteiger partial charge in [0.05, 0.1) is 12.1 Å². The number of fused-ring (bicyclic) bond motifs is 1. The normalized spacial score (nSPS) is 21.8. The zero-order valence-electron chi connectivity index (χ0n) is 21.5. The number of carbonyl (C=O) groups excluding carboxylic acids is 3. The molecule has 2 fully saturated rings. The Morgan fingerprint density at radius 2 is 1.37 bits per heavy atom. The number of carbonyl (C=O) groups is 3. The lowest BCUT2D eigenvalue weighted by atomic mass is 9.76. The quantitative estimate of drug-likeness (QED) is 0.205. The summed E-state index contributed by atoms with van der Waals surface area (Å²) >= 11 is 1.52. The number of ether oxygens (including phenoxy) is 2. The Morgan fingerprint density at radius 3 is 1.82 bits per heavy atom. The van der Waals surface area contributed by atoms with Gasteiger partial charge in [-0.25, -0.2) is 9.59 Å². The standard InChI is InChI=1S/C30H30N2O5S/c1-4-36-28(35)37-27(34)24-29(2,3)38-26-23(25(33)32(24)26)31-30(20-14-8-5-9-15-20,21-16-10-6-11-17-21)22-18-12-7-13-19-22/h5-19,23-24,26,31H,4H2,1-3H3/t23-,24+,26-/m1/s1. The van der Waals surface area contributed by atoms with Gasteiger partial charge in [-0.05, 0) is 37.5 Å². The van der Waals surface area contributed by atoms with Crippen LogP contribution in [-0.4, -0.2) is 51.7 Å². The highest BCUT2D eigenvalue weighted by Gasteiger charge is 2.65. The molecule has 5 rings (SSSR count). The van der Waals surface area contributed by atoms with E-state index in [0.29, 0.717) is 0 Å². The van der Waals surface area contributed by atoms with Crippen LogP contribution < -0.4 is 5.32 Å². The second kappa shape index (κ2) is 10.3. The molecule has 3 aromatic rings. The molecule has 2 aliphatic heterocycles. The van der Waals surface area contributed by atoms with Crippen LogP contribution in [0, 0.1) is 0 Å². The van der Waals surface area contributed by atoms with Crippen LogP contribution in [-0.2, 0) is 24.6 Å². The van der Waals surface area contributed by atoms with E-state index in [0.717, 1.165) is 16.7 Å². The second-order valence-corrected chi connectivity index (χ2v) is 11.6. The van der Waals surface area contributed by atoms with Gasteiger partial charge < -0.3 is 14.4 Å². The van der Waals surface area contributed by atoms with Crippen LogP contribution in [0.15, 0.2) is 91.0 Å². The van der Waals surface area contributed by atoms with Crippen molar-refractivity contribution in [3.05, 3.63) is 108 Å². The van der Waals surface area contributed by atoms with Crippen LogP contribution >= 0.6 is 11.8 Å². The molecule has 1 N–H and O–H groups in total. The number of amides is 1. The summed E-state index contributed by atoms with van der Waals surface area (Å²) in [5, 5.41) is 3.41. The lowest BCUT2D eigenvalue weighted by molar-refractivity contribution is -0.162. The molecule has 2 heterocycles. The number of β-lactam (4-membered cyclic amide) rings is 1. The summed E-state index contributed by atoms with van der Waals surface area (Å²) in [4.78, 5) is 40.1. The third kappa shape index (κ3) is 4.37. The van der Waals surface area contributed by atoms with Crippen molar-refractivity contribution in [3.63, 3.8) is 0 Å². The van der Waals surface area contributed by atoms with E-state index in [4.69, 9.17) is 9.47 Å². The van der Waals surface area contributed by atoms with E-state index < -0.39 is 34.5 Å². The smallest absolute Gasteiger partial charge is 0.434 e. The largest absolute Gasteiger partial charge is 0.516 e. The zero-order chi connectivity index (χ0) is 26.9. The highest BCUT2D eigenvalue weighted by molar-refractivity contribution is 8.01. The van der Waals surface area contributed by atoms with Gasteiger partial charge in [0, 0.05) is 4.75 Å². The molecule has 0 aromatic heterocycles. The maximum atomic E-state index is 13.8. The van der Waals surface area contributed by atoms with Crippen molar-refractivity contribution < 1.29 is 23.9 Å². The van der Waals surface area contributed by atoms with E-state index >= 15 is 0 Å². The van der Waals surface area contributed by atoms with E-state index in [1.807, 2.05) is 68.4 Å². The summed E-state index contributed by atoms with van der Waals surface area (Å²) in [5.74, 6) is -0.998. The van der Waals surface area contributed by atoms with Crippen LogP contribution in [0.1, 0.15) is 37.5 Å². The first-order chi connectivity index (χ1) is 18.3. The van der Waals surface area contributed by atoms with E-state index in [2.05, 4.69) is 41.7 Å². The summed E-state index contributed by atoms with van der Waals surface area (Å²) in [6.07, 6.45) is -1.05. The number of nitrogens with one attached hydrogen (secondary N) is 1. The van der Waals surface area contributed by atoms with Gasteiger partial charge in [-0.15, -0.1) is 11.8 Å². The molecule has 0 spiro atoms. The molecular weight excluding hydrogens is 500 g/mol. The molecule has 2 aliphatic rings. The number of benzene rings is 3. The summed E-state index contributed by atoms with van der Waals surface area (Å²) in [7, 11) is 0. The first-order valence-corrected chi connectivity index (χ1v) is 13.5. The summed E-state index contributed by atoms with van der Waals surface area (Å²) in [5.41, 5.74) is 2.14. The molecular formula is C30H30N2O5S. The van der Waals surface area contributed by atoms with E-state index in [1.54, 1.807) is 6.92 Å². The maximum Gasteiger partial charge on any atom is 0.516 e. The topological polar surface area (TPSA) is 84.9 Å². The molecule has 7 nitrogen and oxygen atoms in total. The van der Waals surface area contributed by atoms with Gasteiger partial charge in [0.15, 0.2) is 0 Å². The fourth-order valence-electron chi connectivity index (χ4n) is 5.46. The summed E-state index contributed by atoms with van der Waals surface area (Å²) < 4.78 is 9.03. The number of esters is 1. The molecule has 1 amide bonds. The Hall–Kier alpha value is -3.62. The van der Waals surface area contributed by atoms with Gasteiger partial charge in [-0.1, -0.05) is 91.0 Å². The minimum absolute atomic E-state index is 0.0900.